The molecule has 0 saturated carbocycles. The number of hydrogen-bond acceptors (Lipinski definition) is 3. The van der Waals surface area contributed by atoms with E-state index in [4.69, 9.17) is 0 Å². The maximum Gasteiger partial charge on any atom is 0.317 e. The number of rotatable bonds is 3. The summed E-state index contributed by atoms with van der Waals surface area (Å²) < 4.78 is 1.83. The number of likely N-dealkylation sites (tertiary alicyclic amines) is 1. The minimum Gasteiger partial charge on any atom is -0.328 e. The number of benzene rings is 1. The van der Waals surface area contributed by atoms with Gasteiger partial charge in [-0.3, -0.25) is 0 Å². The highest BCUT2D eigenvalue weighted by atomic mass is 16.2. The van der Waals surface area contributed by atoms with E-state index in [9.17, 15) is 4.79 Å². The van der Waals surface area contributed by atoms with Crippen molar-refractivity contribution >= 4 is 6.03 Å². The third-order valence-electron chi connectivity index (χ3n) is 4.53. The third kappa shape index (κ3) is 3.52. The van der Waals surface area contributed by atoms with Crippen LogP contribution in [0.4, 0.5) is 4.79 Å². The van der Waals surface area contributed by atoms with Gasteiger partial charge in [-0.05, 0) is 31.2 Å². The quantitative estimate of drug-likeness (QED) is 0.947. The van der Waals surface area contributed by atoms with Gasteiger partial charge in [-0.2, -0.15) is 0 Å². The normalized spacial score (nSPS) is 17.0. The maximum atomic E-state index is 12.4. The van der Waals surface area contributed by atoms with E-state index in [0.29, 0.717) is 5.92 Å². The van der Waals surface area contributed by atoms with Gasteiger partial charge in [0.1, 0.15) is 6.33 Å². The van der Waals surface area contributed by atoms with Gasteiger partial charge in [-0.15, -0.1) is 10.2 Å². The number of urea groups is 1. The molecule has 1 atom stereocenters. The summed E-state index contributed by atoms with van der Waals surface area (Å²) in [5, 5.41) is 10.9. The highest BCUT2D eigenvalue weighted by Crippen LogP contribution is 2.27. The molecule has 23 heavy (non-hydrogen) atoms. The molecule has 3 rings (SSSR count). The number of nitrogens with zero attached hydrogens (tertiary/aromatic N) is 4. The monoisotopic (exact) mass is 313 g/mol. The molecule has 6 nitrogen and oxygen atoms in total. The van der Waals surface area contributed by atoms with E-state index in [0.717, 1.165) is 31.8 Å². The summed E-state index contributed by atoms with van der Waals surface area (Å²) >= 11 is 0. The number of aryl methyl sites for hydroxylation is 1. The Kier molecular flexibility index (Phi) is 4.60. The van der Waals surface area contributed by atoms with Crippen molar-refractivity contribution in [1.82, 2.24) is 25.0 Å². The summed E-state index contributed by atoms with van der Waals surface area (Å²) in [6.45, 7) is 3.51. The topological polar surface area (TPSA) is 63.1 Å². The summed E-state index contributed by atoms with van der Waals surface area (Å²) in [7, 11) is 1.88. The molecule has 2 aromatic rings. The molecule has 1 aliphatic rings. The molecule has 1 aromatic heterocycles. The Labute approximate surface area is 136 Å². The molecule has 0 aliphatic carbocycles. The standard InChI is InChI=1S/C17H23N5O/c1-13(16-20-18-12-21(16)2)19-17(23)22-10-8-15(9-11-22)14-6-4-3-5-7-14/h3-7,12-13,15H,8-11H2,1-2H3,(H,19,23). The Balaban J connectivity index is 1.53. The molecule has 1 aliphatic heterocycles. The van der Waals surface area contributed by atoms with Gasteiger partial charge in [0, 0.05) is 20.1 Å². The van der Waals surface area contributed by atoms with E-state index < -0.39 is 0 Å². The zero-order valence-electron chi connectivity index (χ0n) is 13.6. The van der Waals surface area contributed by atoms with Gasteiger partial charge in [0.15, 0.2) is 5.82 Å². The molecule has 122 valence electrons. The van der Waals surface area contributed by atoms with Crippen LogP contribution in [0.5, 0.6) is 0 Å². The van der Waals surface area contributed by atoms with E-state index in [1.165, 1.54) is 5.56 Å². The van der Waals surface area contributed by atoms with Crippen molar-refractivity contribution in [1.29, 1.82) is 0 Å². The van der Waals surface area contributed by atoms with Crippen molar-refractivity contribution in [2.75, 3.05) is 13.1 Å². The molecule has 0 spiro atoms. The lowest BCUT2D eigenvalue weighted by molar-refractivity contribution is 0.178. The first kappa shape index (κ1) is 15.5. The first-order valence-electron chi connectivity index (χ1n) is 8.09. The lowest BCUT2D eigenvalue weighted by Crippen LogP contribution is -2.45. The average Bonchev–Trinajstić information content (AvgIpc) is 3.02. The van der Waals surface area contributed by atoms with Crippen molar-refractivity contribution < 1.29 is 4.79 Å². The van der Waals surface area contributed by atoms with Crippen LogP contribution >= 0.6 is 0 Å². The van der Waals surface area contributed by atoms with Crippen LogP contribution in [0.15, 0.2) is 36.7 Å². The Morgan fingerprint density at radius 1 is 1.26 bits per heavy atom. The predicted octanol–water partition coefficient (Wildman–Crippen LogP) is 2.47. The Hall–Kier alpha value is -2.37. The Bertz CT molecular complexity index is 646. The second kappa shape index (κ2) is 6.81. The van der Waals surface area contributed by atoms with E-state index in [2.05, 4.69) is 39.8 Å². The third-order valence-corrected chi connectivity index (χ3v) is 4.53. The summed E-state index contributed by atoms with van der Waals surface area (Å²) in [6.07, 6.45) is 3.66. The molecule has 1 fully saturated rings. The van der Waals surface area contributed by atoms with Crippen molar-refractivity contribution in [3.05, 3.63) is 48.0 Å². The predicted molar refractivity (Wildman–Crippen MR) is 87.9 cm³/mol. The number of aromatic nitrogens is 3. The molecule has 1 N–H and O–H groups in total. The SMILES string of the molecule is CC(NC(=O)N1CCC(c2ccccc2)CC1)c1nncn1C. The first-order chi connectivity index (χ1) is 11.1. The first-order valence-corrected chi connectivity index (χ1v) is 8.09. The number of piperidine rings is 1. The van der Waals surface area contributed by atoms with Gasteiger partial charge >= 0.3 is 6.03 Å². The number of carbonyl (C=O) groups excluding carboxylic acids is 1. The van der Waals surface area contributed by atoms with E-state index >= 15 is 0 Å². The fraction of sp³-hybridized carbons (Fsp3) is 0.471. The molecule has 0 radical (unpaired) electrons. The molecule has 1 unspecified atom stereocenters. The molecule has 6 heteroatoms. The van der Waals surface area contributed by atoms with E-state index in [1.807, 2.05) is 29.5 Å². The molecule has 2 amide bonds. The second-order valence-corrected chi connectivity index (χ2v) is 6.14. The summed E-state index contributed by atoms with van der Waals surface area (Å²) in [5.41, 5.74) is 1.38. The van der Waals surface area contributed by atoms with Gasteiger partial charge in [-0.1, -0.05) is 30.3 Å². The van der Waals surface area contributed by atoms with Gasteiger partial charge in [0.25, 0.3) is 0 Å². The highest BCUT2D eigenvalue weighted by Gasteiger charge is 2.25. The van der Waals surface area contributed by atoms with Gasteiger partial charge < -0.3 is 14.8 Å². The van der Waals surface area contributed by atoms with Crippen LogP contribution < -0.4 is 5.32 Å². The van der Waals surface area contributed by atoms with Crippen LogP contribution in [0, 0.1) is 0 Å². The van der Waals surface area contributed by atoms with E-state index in [-0.39, 0.29) is 12.1 Å². The van der Waals surface area contributed by atoms with Crippen LogP contribution in [0.2, 0.25) is 0 Å². The fourth-order valence-electron chi connectivity index (χ4n) is 3.17. The van der Waals surface area contributed by atoms with Crippen molar-refractivity contribution in [2.45, 2.75) is 31.7 Å². The van der Waals surface area contributed by atoms with Gasteiger partial charge in [0.2, 0.25) is 0 Å². The van der Waals surface area contributed by atoms with Crippen LogP contribution in [0.1, 0.15) is 43.1 Å². The van der Waals surface area contributed by atoms with Crippen molar-refractivity contribution in [3.8, 4) is 0 Å². The smallest absolute Gasteiger partial charge is 0.317 e. The highest BCUT2D eigenvalue weighted by molar-refractivity contribution is 5.74. The van der Waals surface area contributed by atoms with Crippen LogP contribution in [-0.2, 0) is 7.05 Å². The van der Waals surface area contributed by atoms with E-state index in [1.54, 1.807) is 6.33 Å². The lowest BCUT2D eigenvalue weighted by atomic mass is 9.90. The molecular formula is C17H23N5O. The number of hydrogen-bond donors (Lipinski definition) is 1. The maximum absolute atomic E-state index is 12.4. The van der Waals surface area contributed by atoms with Crippen LogP contribution in [0.3, 0.4) is 0 Å². The molecule has 0 bridgehead atoms. The van der Waals surface area contributed by atoms with Gasteiger partial charge in [-0.25, -0.2) is 4.79 Å². The minimum absolute atomic E-state index is 0.0213. The summed E-state index contributed by atoms with van der Waals surface area (Å²) in [6, 6.07) is 10.4. The Morgan fingerprint density at radius 3 is 2.57 bits per heavy atom. The molecule has 1 saturated heterocycles. The minimum atomic E-state index is -0.151. The fourth-order valence-corrected chi connectivity index (χ4v) is 3.17. The summed E-state index contributed by atoms with van der Waals surface area (Å²) in [4.78, 5) is 14.3. The zero-order chi connectivity index (χ0) is 16.2. The number of nitrogens with one attached hydrogen (secondary N) is 1. The van der Waals surface area contributed by atoms with Crippen LogP contribution in [0.25, 0.3) is 0 Å². The second-order valence-electron chi connectivity index (χ2n) is 6.14. The molecular weight excluding hydrogens is 290 g/mol. The molecule has 1 aromatic carbocycles. The number of amides is 2. The lowest BCUT2D eigenvalue weighted by Gasteiger charge is -2.33. The van der Waals surface area contributed by atoms with Gasteiger partial charge in [0.05, 0.1) is 6.04 Å². The summed E-state index contributed by atoms with van der Waals surface area (Å²) in [5.74, 6) is 1.31. The van der Waals surface area contributed by atoms with Crippen molar-refractivity contribution in [2.24, 2.45) is 7.05 Å². The Morgan fingerprint density at radius 2 is 1.96 bits per heavy atom. The zero-order valence-corrected chi connectivity index (χ0v) is 13.6. The van der Waals surface area contributed by atoms with Crippen molar-refractivity contribution in [3.63, 3.8) is 0 Å². The average molecular weight is 313 g/mol. The number of carbonyl (C=O) groups is 1. The molecule has 2 heterocycles. The largest absolute Gasteiger partial charge is 0.328 e. The van der Waals surface area contributed by atoms with Crippen LogP contribution in [-0.4, -0.2) is 38.8 Å².